The first kappa shape index (κ1) is 12.0. The lowest BCUT2D eigenvalue weighted by Crippen LogP contribution is -2.00. The van der Waals surface area contributed by atoms with Crippen molar-refractivity contribution in [3.05, 3.63) is 47.7 Å². The largest absolute Gasteiger partial charge is 0.396 e. The maximum absolute atomic E-state index is 5.66. The van der Waals surface area contributed by atoms with Gasteiger partial charge in [-0.2, -0.15) is 14.7 Å². The molecule has 0 saturated carbocycles. The first-order valence-electron chi connectivity index (χ1n) is 6.34. The fourth-order valence-electron chi connectivity index (χ4n) is 2.09. The summed E-state index contributed by atoms with van der Waals surface area (Å²) >= 11 is 1.49. The summed E-state index contributed by atoms with van der Waals surface area (Å²) in [6.45, 7) is 0.569. The number of hydrogen-bond acceptors (Lipinski definition) is 6. The Kier molecular flexibility index (Phi) is 2.68. The van der Waals surface area contributed by atoms with Gasteiger partial charge >= 0.3 is 0 Å². The average Bonchev–Trinajstić information content (AvgIpc) is 3.16. The molecule has 0 radical (unpaired) electrons. The standard InChI is InChI=1S/C13H11N7S/c14-10-6-15-19(7-10)8-11-18-20-12(16-17-13(20)21-11)9-4-2-1-3-5-9/h1-7H,8,14H2. The van der Waals surface area contributed by atoms with E-state index in [2.05, 4.69) is 20.4 Å². The predicted molar refractivity (Wildman–Crippen MR) is 79.8 cm³/mol. The highest BCUT2D eigenvalue weighted by Gasteiger charge is 2.13. The first-order chi connectivity index (χ1) is 10.3. The lowest BCUT2D eigenvalue weighted by Gasteiger charge is -1.96. The zero-order valence-corrected chi connectivity index (χ0v) is 11.7. The lowest BCUT2D eigenvalue weighted by molar-refractivity contribution is 0.673. The van der Waals surface area contributed by atoms with Crippen LogP contribution in [0.5, 0.6) is 0 Å². The number of fused-ring (bicyclic) bond motifs is 1. The quantitative estimate of drug-likeness (QED) is 0.621. The molecule has 0 aliphatic rings. The predicted octanol–water partition coefficient (Wildman–Crippen LogP) is 1.68. The van der Waals surface area contributed by atoms with Gasteiger partial charge in [0.1, 0.15) is 5.01 Å². The van der Waals surface area contributed by atoms with Gasteiger partial charge in [0.2, 0.25) is 4.96 Å². The van der Waals surface area contributed by atoms with Gasteiger partial charge in [0, 0.05) is 11.8 Å². The number of hydrogen-bond donors (Lipinski definition) is 1. The van der Waals surface area contributed by atoms with Gasteiger partial charge in [0.25, 0.3) is 0 Å². The van der Waals surface area contributed by atoms with Crippen LogP contribution in [0, 0.1) is 0 Å². The second kappa shape index (κ2) is 4.67. The SMILES string of the molecule is Nc1cnn(Cc2nn3c(-c4ccccc4)nnc3s2)c1. The highest BCUT2D eigenvalue weighted by Crippen LogP contribution is 2.21. The minimum absolute atomic E-state index is 0.569. The Labute approximate surface area is 123 Å². The van der Waals surface area contributed by atoms with E-state index < -0.39 is 0 Å². The number of aromatic nitrogens is 6. The number of anilines is 1. The topological polar surface area (TPSA) is 86.9 Å². The van der Waals surface area contributed by atoms with E-state index in [0.717, 1.165) is 21.4 Å². The van der Waals surface area contributed by atoms with Crippen molar-refractivity contribution in [2.24, 2.45) is 0 Å². The van der Waals surface area contributed by atoms with Gasteiger partial charge in [-0.25, -0.2) is 0 Å². The highest BCUT2D eigenvalue weighted by atomic mass is 32.1. The molecule has 0 atom stereocenters. The maximum Gasteiger partial charge on any atom is 0.235 e. The van der Waals surface area contributed by atoms with Crippen molar-refractivity contribution in [3.63, 3.8) is 0 Å². The fraction of sp³-hybridized carbons (Fsp3) is 0.0769. The monoisotopic (exact) mass is 297 g/mol. The molecule has 3 aromatic heterocycles. The van der Waals surface area contributed by atoms with E-state index in [1.165, 1.54) is 11.3 Å². The molecule has 0 spiro atoms. The Bertz CT molecular complexity index is 890. The molecule has 104 valence electrons. The Morgan fingerprint density at radius 3 is 2.76 bits per heavy atom. The molecule has 0 aliphatic carbocycles. The molecule has 4 rings (SSSR count). The van der Waals surface area contributed by atoms with Gasteiger partial charge in [-0.1, -0.05) is 41.7 Å². The Morgan fingerprint density at radius 1 is 1.14 bits per heavy atom. The molecule has 0 amide bonds. The van der Waals surface area contributed by atoms with Gasteiger partial charge in [0.15, 0.2) is 5.82 Å². The molecular weight excluding hydrogens is 286 g/mol. The molecule has 3 heterocycles. The summed E-state index contributed by atoms with van der Waals surface area (Å²) in [6, 6.07) is 9.89. The zero-order valence-electron chi connectivity index (χ0n) is 10.9. The fourth-order valence-corrected chi connectivity index (χ4v) is 2.92. The second-order valence-electron chi connectivity index (χ2n) is 4.55. The number of nitrogens with zero attached hydrogens (tertiary/aromatic N) is 6. The van der Waals surface area contributed by atoms with Crippen LogP contribution in [0.4, 0.5) is 5.69 Å². The van der Waals surface area contributed by atoms with E-state index in [-0.39, 0.29) is 0 Å². The smallest absolute Gasteiger partial charge is 0.235 e. The van der Waals surface area contributed by atoms with Crippen molar-refractivity contribution in [2.45, 2.75) is 6.54 Å². The molecule has 0 saturated heterocycles. The molecule has 4 aromatic rings. The minimum Gasteiger partial charge on any atom is -0.396 e. The summed E-state index contributed by atoms with van der Waals surface area (Å²) in [4.78, 5) is 0.768. The van der Waals surface area contributed by atoms with Gasteiger partial charge < -0.3 is 5.73 Å². The minimum atomic E-state index is 0.569. The zero-order chi connectivity index (χ0) is 14.2. The van der Waals surface area contributed by atoms with Crippen LogP contribution in [0.3, 0.4) is 0 Å². The van der Waals surface area contributed by atoms with E-state index >= 15 is 0 Å². The van der Waals surface area contributed by atoms with Crippen LogP contribution < -0.4 is 5.73 Å². The van der Waals surface area contributed by atoms with E-state index in [0.29, 0.717) is 12.2 Å². The first-order valence-corrected chi connectivity index (χ1v) is 7.16. The van der Waals surface area contributed by atoms with Crippen LogP contribution in [-0.4, -0.2) is 29.6 Å². The van der Waals surface area contributed by atoms with Crippen molar-refractivity contribution in [1.29, 1.82) is 0 Å². The Hall–Kier alpha value is -2.74. The van der Waals surface area contributed by atoms with E-state index in [4.69, 9.17) is 5.73 Å². The van der Waals surface area contributed by atoms with Crippen molar-refractivity contribution >= 4 is 22.0 Å². The molecule has 0 aliphatic heterocycles. The third-order valence-electron chi connectivity index (χ3n) is 3.02. The number of benzene rings is 1. The van der Waals surface area contributed by atoms with E-state index in [1.54, 1.807) is 21.6 Å². The highest BCUT2D eigenvalue weighted by molar-refractivity contribution is 7.16. The van der Waals surface area contributed by atoms with Crippen molar-refractivity contribution in [2.75, 3.05) is 5.73 Å². The van der Waals surface area contributed by atoms with Gasteiger partial charge in [-0.15, -0.1) is 10.2 Å². The van der Waals surface area contributed by atoms with Crippen LogP contribution in [0.1, 0.15) is 5.01 Å². The van der Waals surface area contributed by atoms with Crippen molar-refractivity contribution < 1.29 is 0 Å². The average molecular weight is 297 g/mol. The van der Waals surface area contributed by atoms with Crippen LogP contribution in [0.15, 0.2) is 42.7 Å². The van der Waals surface area contributed by atoms with Crippen LogP contribution in [-0.2, 0) is 6.54 Å². The van der Waals surface area contributed by atoms with Gasteiger partial charge in [0.05, 0.1) is 18.4 Å². The molecule has 7 nitrogen and oxygen atoms in total. The van der Waals surface area contributed by atoms with Crippen molar-refractivity contribution in [1.82, 2.24) is 29.6 Å². The molecule has 8 heteroatoms. The van der Waals surface area contributed by atoms with E-state index in [1.807, 2.05) is 30.3 Å². The number of nitrogen functional groups attached to an aromatic ring is 1. The summed E-state index contributed by atoms with van der Waals surface area (Å²) in [5, 5.41) is 18.0. The Morgan fingerprint density at radius 2 is 2.00 bits per heavy atom. The normalized spacial score (nSPS) is 11.2. The summed E-state index contributed by atoms with van der Waals surface area (Å²) in [6.07, 6.45) is 3.40. The molecule has 21 heavy (non-hydrogen) atoms. The van der Waals surface area contributed by atoms with Crippen LogP contribution in [0.25, 0.3) is 16.3 Å². The molecule has 2 N–H and O–H groups in total. The van der Waals surface area contributed by atoms with Crippen molar-refractivity contribution in [3.8, 4) is 11.4 Å². The summed E-state index contributed by atoms with van der Waals surface area (Å²) in [5.41, 5.74) is 7.29. The summed E-state index contributed by atoms with van der Waals surface area (Å²) in [7, 11) is 0. The third kappa shape index (κ3) is 2.15. The van der Waals surface area contributed by atoms with Gasteiger partial charge in [-0.3, -0.25) is 4.68 Å². The summed E-state index contributed by atoms with van der Waals surface area (Å²) < 4.78 is 3.52. The van der Waals surface area contributed by atoms with E-state index in [9.17, 15) is 0 Å². The second-order valence-corrected chi connectivity index (χ2v) is 5.59. The molecule has 0 bridgehead atoms. The third-order valence-corrected chi connectivity index (χ3v) is 3.90. The molecule has 0 fully saturated rings. The van der Waals surface area contributed by atoms with Crippen LogP contribution >= 0.6 is 11.3 Å². The molecular formula is C13H11N7S. The molecule has 1 aromatic carbocycles. The number of nitrogens with two attached hydrogens (primary N) is 1. The maximum atomic E-state index is 5.66. The summed E-state index contributed by atoms with van der Waals surface area (Å²) in [5.74, 6) is 0.744. The molecule has 0 unspecified atom stereocenters. The Balaban J connectivity index is 1.72. The van der Waals surface area contributed by atoms with Gasteiger partial charge in [-0.05, 0) is 0 Å². The number of rotatable bonds is 3. The lowest BCUT2D eigenvalue weighted by atomic mass is 10.2. The van der Waals surface area contributed by atoms with Crippen LogP contribution in [0.2, 0.25) is 0 Å².